The van der Waals surface area contributed by atoms with Gasteiger partial charge in [0.05, 0.1) is 7.11 Å². The van der Waals surface area contributed by atoms with Crippen molar-refractivity contribution < 1.29 is 9.84 Å². The zero-order valence-electron chi connectivity index (χ0n) is 12.1. The molecule has 106 valence electrons. The Labute approximate surface area is 116 Å². The molecule has 0 heterocycles. The van der Waals surface area contributed by atoms with Gasteiger partial charge in [0.15, 0.2) is 0 Å². The van der Waals surface area contributed by atoms with Gasteiger partial charge in [-0.2, -0.15) is 0 Å². The summed E-state index contributed by atoms with van der Waals surface area (Å²) < 4.78 is 5.25. The maximum atomic E-state index is 9.67. The second-order valence-corrected chi connectivity index (χ2v) is 5.89. The maximum Gasteiger partial charge on any atom is 0.119 e. The monoisotopic (exact) mass is 263 g/mol. The fraction of sp³-hybridized carbons (Fsp3) is 0.625. The molecule has 0 unspecified atom stereocenters. The lowest BCUT2D eigenvalue weighted by Crippen LogP contribution is -2.36. The lowest BCUT2D eigenvalue weighted by atomic mass is 9.86. The van der Waals surface area contributed by atoms with Crippen LogP contribution in [-0.2, 0) is 6.54 Å². The lowest BCUT2D eigenvalue weighted by molar-refractivity contribution is 0.0863. The van der Waals surface area contributed by atoms with Crippen molar-refractivity contribution in [1.82, 2.24) is 4.90 Å². The van der Waals surface area contributed by atoms with Crippen LogP contribution in [0, 0.1) is 5.41 Å². The van der Waals surface area contributed by atoms with Crippen molar-refractivity contribution in [3.8, 4) is 5.75 Å². The van der Waals surface area contributed by atoms with Crippen LogP contribution in [0.3, 0.4) is 0 Å². The van der Waals surface area contributed by atoms with Gasteiger partial charge in [0.2, 0.25) is 0 Å². The number of methoxy groups -OCH3 is 1. The van der Waals surface area contributed by atoms with E-state index in [-0.39, 0.29) is 5.41 Å². The molecular weight excluding hydrogens is 238 g/mol. The Hall–Kier alpha value is -1.06. The highest BCUT2D eigenvalue weighted by molar-refractivity contribution is 5.28. The Morgan fingerprint density at radius 3 is 2.68 bits per heavy atom. The molecule has 3 heteroatoms. The molecule has 19 heavy (non-hydrogen) atoms. The third kappa shape index (κ3) is 3.71. The van der Waals surface area contributed by atoms with Crippen molar-refractivity contribution in [2.24, 2.45) is 5.41 Å². The van der Waals surface area contributed by atoms with Gasteiger partial charge in [-0.05, 0) is 37.6 Å². The first-order chi connectivity index (χ1) is 9.17. The van der Waals surface area contributed by atoms with Crippen LogP contribution in [-0.4, -0.2) is 37.3 Å². The summed E-state index contributed by atoms with van der Waals surface area (Å²) in [5.41, 5.74) is 1.39. The van der Waals surface area contributed by atoms with Gasteiger partial charge in [-0.1, -0.05) is 25.0 Å². The van der Waals surface area contributed by atoms with Crippen molar-refractivity contribution in [3.63, 3.8) is 0 Å². The molecule has 0 aromatic heterocycles. The van der Waals surface area contributed by atoms with Gasteiger partial charge in [-0.3, -0.25) is 0 Å². The fourth-order valence-corrected chi connectivity index (χ4v) is 3.20. The van der Waals surface area contributed by atoms with E-state index in [0.717, 1.165) is 31.7 Å². The molecule has 0 bridgehead atoms. The number of aliphatic hydroxyl groups is 1. The molecule has 0 amide bonds. The van der Waals surface area contributed by atoms with Gasteiger partial charge in [0.1, 0.15) is 5.75 Å². The highest BCUT2D eigenvalue weighted by Crippen LogP contribution is 2.38. The first-order valence-corrected chi connectivity index (χ1v) is 7.10. The molecule has 1 aliphatic carbocycles. The van der Waals surface area contributed by atoms with E-state index in [1.54, 1.807) is 7.11 Å². The van der Waals surface area contributed by atoms with Crippen LogP contribution in [0.5, 0.6) is 5.75 Å². The molecule has 1 aromatic rings. The van der Waals surface area contributed by atoms with Crippen molar-refractivity contribution in [1.29, 1.82) is 0 Å². The van der Waals surface area contributed by atoms with Crippen LogP contribution in [0.2, 0.25) is 0 Å². The average Bonchev–Trinajstić information content (AvgIpc) is 2.88. The Balaban J connectivity index is 1.94. The van der Waals surface area contributed by atoms with E-state index >= 15 is 0 Å². The Bertz CT molecular complexity index is 399. The van der Waals surface area contributed by atoms with Crippen LogP contribution < -0.4 is 4.74 Å². The molecule has 2 rings (SSSR count). The molecule has 0 spiro atoms. The van der Waals surface area contributed by atoms with E-state index in [2.05, 4.69) is 24.1 Å². The zero-order chi connectivity index (χ0) is 13.7. The Morgan fingerprint density at radius 1 is 1.32 bits per heavy atom. The zero-order valence-corrected chi connectivity index (χ0v) is 12.1. The highest BCUT2D eigenvalue weighted by Gasteiger charge is 2.34. The maximum absolute atomic E-state index is 9.67. The van der Waals surface area contributed by atoms with Crippen molar-refractivity contribution in [2.75, 3.05) is 27.3 Å². The molecule has 0 saturated heterocycles. The standard InChI is InChI=1S/C16H25NO2/c1-17(12-16(13-18)8-3-4-9-16)11-14-6-5-7-15(10-14)19-2/h5-7,10,18H,3-4,8-9,11-13H2,1-2H3. The third-order valence-corrected chi connectivity index (χ3v) is 4.19. The van der Waals surface area contributed by atoms with E-state index in [4.69, 9.17) is 4.74 Å². The van der Waals surface area contributed by atoms with Crippen LogP contribution in [0.15, 0.2) is 24.3 Å². The lowest BCUT2D eigenvalue weighted by Gasteiger charge is -2.31. The van der Waals surface area contributed by atoms with E-state index in [9.17, 15) is 5.11 Å². The van der Waals surface area contributed by atoms with E-state index in [0.29, 0.717) is 6.61 Å². The molecule has 0 radical (unpaired) electrons. The molecule has 1 saturated carbocycles. The first-order valence-electron chi connectivity index (χ1n) is 7.10. The molecule has 1 fully saturated rings. The summed E-state index contributed by atoms with van der Waals surface area (Å²) in [6.07, 6.45) is 4.83. The minimum atomic E-state index is 0.133. The summed E-state index contributed by atoms with van der Waals surface area (Å²) in [7, 11) is 3.83. The Kier molecular flexibility index (Phi) is 4.83. The number of hydrogen-bond donors (Lipinski definition) is 1. The van der Waals surface area contributed by atoms with Crippen LogP contribution in [0.4, 0.5) is 0 Å². The largest absolute Gasteiger partial charge is 0.497 e. The SMILES string of the molecule is COc1cccc(CN(C)CC2(CO)CCCC2)c1. The van der Waals surface area contributed by atoms with Gasteiger partial charge in [-0.25, -0.2) is 0 Å². The summed E-state index contributed by atoms with van der Waals surface area (Å²) in [6, 6.07) is 8.20. The summed E-state index contributed by atoms with van der Waals surface area (Å²) in [5, 5.41) is 9.67. The number of hydrogen-bond acceptors (Lipinski definition) is 3. The molecule has 1 aliphatic rings. The van der Waals surface area contributed by atoms with E-state index in [1.807, 2.05) is 12.1 Å². The number of rotatable bonds is 6. The van der Waals surface area contributed by atoms with Gasteiger partial charge >= 0.3 is 0 Å². The number of benzene rings is 1. The molecule has 0 aliphatic heterocycles. The quantitative estimate of drug-likeness (QED) is 0.856. The van der Waals surface area contributed by atoms with Crippen LogP contribution in [0.25, 0.3) is 0 Å². The summed E-state index contributed by atoms with van der Waals surface area (Å²) in [4.78, 5) is 2.32. The number of aliphatic hydroxyl groups excluding tert-OH is 1. The molecule has 0 atom stereocenters. The molecule has 1 aromatic carbocycles. The van der Waals surface area contributed by atoms with E-state index in [1.165, 1.54) is 18.4 Å². The van der Waals surface area contributed by atoms with Gasteiger partial charge in [-0.15, -0.1) is 0 Å². The minimum absolute atomic E-state index is 0.133. The first kappa shape index (κ1) is 14.4. The van der Waals surface area contributed by atoms with Gasteiger partial charge in [0.25, 0.3) is 0 Å². The van der Waals surface area contributed by atoms with Gasteiger partial charge < -0.3 is 14.7 Å². The Morgan fingerprint density at radius 2 is 2.05 bits per heavy atom. The highest BCUT2D eigenvalue weighted by atomic mass is 16.5. The van der Waals surface area contributed by atoms with Crippen molar-refractivity contribution >= 4 is 0 Å². The summed E-state index contributed by atoms with van der Waals surface area (Å²) in [6.45, 7) is 2.19. The molecule has 1 N–H and O–H groups in total. The predicted octanol–water partition coefficient (Wildman–Crippen LogP) is 2.68. The third-order valence-electron chi connectivity index (χ3n) is 4.19. The van der Waals surface area contributed by atoms with Crippen LogP contribution in [0.1, 0.15) is 31.2 Å². The summed E-state index contributed by atoms with van der Waals surface area (Å²) in [5.74, 6) is 0.906. The van der Waals surface area contributed by atoms with Gasteiger partial charge in [0, 0.05) is 25.1 Å². The molecule has 3 nitrogen and oxygen atoms in total. The van der Waals surface area contributed by atoms with Crippen molar-refractivity contribution in [3.05, 3.63) is 29.8 Å². The molecular formula is C16H25NO2. The second kappa shape index (κ2) is 6.40. The van der Waals surface area contributed by atoms with E-state index < -0.39 is 0 Å². The average molecular weight is 263 g/mol. The fourth-order valence-electron chi connectivity index (χ4n) is 3.20. The number of nitrogens with zero attached hydrogens (tertiary/aromatic N) is 1. The van der Waals surface area contributed by atoms with Crippen molar-refractivity contribution in [2.45, 2.75) is 32.2 Å². The topological polar surface area (TPSA) is 32.7 Å². The number of ether oxygens (including phenoxy) is 1. The smallest absolute Gasteiger partial charge is 0.119 e. The normalized spacial score (nSPS) is 17.9. The predicted molar refractivity (Wildman–Crippen MR) is 77.3 cm³/mol. The minimum Gasteiger partial charge on any atom is -0.497 e. The summed E-state index contributed by atoms with van der Waals surface area (Å²) >= 11 is 0. The van der Waals surface area contributed by atoms with Crippen LogP contribution >= 0.6 is 0 Å². The second-order valence-electron chi connectivity index (χ2n) is 5.89.